The molecule has 53 heavy (non-hydrogen) atoms. The number of imidazole rings is 1. The molecule has 0 bridgehead atoms. The molecule has 1 fully saturated rings. The Morgan fingerprint density at radius 2 is 1.49 bits per heavy atom. The van der Waals surface area contributed by atoms with Gasteiger partial charge in [-0.15, -0.1) is 5.06 Å². The minimum Gasteiger partial charge on any atom is -0.399 e. The van der Waals surface area contributed by atoms with Crippen LogP contribution in [0, 0.1) is 0 Å². The molecule has 0 unspecified atom stereocenters. The molecule has 3 aromatic carbocycles. The smallest absolute Gasteiger partial charge is 0.285 e. The van der Waals surface area contributed by atoms with Crippen molar-refractivity contribution in [2.75, 3.05) is 27.8 Å². The first kappa shape index (κ1) is 36.1. The Morgan fingerprint density at radius 1 is 0.906 bits per heavy atom. The molecule has 0 aliphatic carbocycles. The van der Waals surface area contributed by atoms with Gasteiger partial charge in [0.05, 0.1) is 23.8 Å². The Labute approximate surface area is 307 Å². The molecule has 0 saturated carbocycles. The van der Waals surface area contributed by atoms with Gasteiger partial charge in [-0.25, -0.2) is 9.98 Å². The Kier molecular flexibility index (Phi) is 9.69. The second kappa shape index (κ2) is 14.2. The van der Waals surface area contributed by atoms with E-state index in [2.05, 4.69) is 65.0 Å². The first-order valence-electron chi connectivity index (χ1n) is 17.2. The lowest BCUT2D eigenvalue weighted by atomic mass is 10.1. The molecule has 1 saturated heterocycles. The molecule has 14 nitrogen and oxygen atoms in total. The summed E-state index contributed by atoms with van der Waals surface area (Å²) < 4.78 is 22.2. The molecule has 1 N–H and O–H groups in total. The zero-order valence-corrected chi connectivity index (χ0v) is 31.3. The molecule has 2 aromatic heterocycles. The van der Waals surface area contributed by atoms with Crippen molar-refractivity contribution in [3.63, 3.8) is 0 Å². The van der Waals surface area contributed by atoms with E-state index < -0.39 is 55.3 Å². The van der Waals surface area contributed by atoms with E-state index in [-0.39, 0.29) is 34.8 Å². The first-order chi connectivity index (χ1) is 25.4. The van der Waals surface area contributed by atoms with E-state index in [0.717, 1.165) is 15.4 Å². The molecule has 5 aromatic rings. The Bertz CT molecular complexity index is 2140. The lowest BCUT2D eigenvalue weighted by molar-refractivity contribution is -0.139. The van der Waals surface area contributed by atoms with E-state index in [1.54, 1.807) is 54.9 Å². The van der Waals surface area contributed by atoms with Gasteiger partial charge in [0.15, 0.2) is 17.4 Å². The fourth-order valence-corrected chi connectivity index (χ4v) is 11.8. The number of imide groups is 1. The highest BCUT2D eigenvalue weighted by atomic mass is 28.4. The number of amides is 2. The number of aromatic amines is 1. The summed E-state index contributed by atoms with van der Waals surface area (Å²) in [6.07, 6.45) is -0.451. The van der Waals surface area contributed by atoms with Gasteiger partial charge >= 0.3 is 0 Å². The second-order valence-electron chi connectivity index (χ2n) is 14.2. The molecular weight excluding hydrogens is 695 g/mol. The number of carbonyl (C=O) groups is 2. The van der Waals surface area contributed by atoms with Crippen LogP contribution in [0.15, 0.2) is 101 Å². The number of aliphatic imine (C=N–C) groups is 1. The van der Waals surface area contributed by atoms with Crippen molar-refractivity contribution in [3.05, 3.63) is 113 Å². The Hall–Kier alpha value is -5.32. The molecule has 15 heteroatoms. The highest BCUT2D eigenvalue weighted by Crippen LogP contribution is 2.43. The van der Waals surface area contributed by atoms with Crippen molar-refractivity contribution in [1.82, 2.24) is 29.5 Å². The fraction of sp³-hybridized carbons (Fsp3) is 0.316. The SMILES string of the molecule is CO[C@@H]1[C@H](O[Si](c2ccccc2)(c2ccccc2)C(C)(C)C)[C@@H](CON2C(=O)c3ccccc3C2=O)O[C@H]1n1cnc2c(=O)[nH]c(/N=C/N(C)C)nc21. The number of hydrogen-bond donors (Lipinski definition) is 1. The zero-order chi connectivity index (χ0) is 37.5. The molecule has 2 aliphatic rings. The third-order valence-corrected chi connectivity index (χ3v) is 14.5. The van der Waals surface area contributed by atoms with Gasteiger partial charge in [-0.3, -0.25) is 28.8 Å². The number of rotatable bonds is 11. The van der Waals surface area contributed by atoms with Crippen molar-refractivity contribution >= 4 is 54.0 Å². The highest BCUT2D eigenvalue weighted by molar-refractivity contribution is 6.99. The summed E-state index contributed by atoms with van der Waals surface area (Å²) in [4.78, 5) is 63.5. The van der Waals surface area contributed by atoms with Crippen molar-refractivity contribution in [1.29, 1.82) is 0 Å². The first-order valence-corrected chi connectivity index (χ1v) is 19.1. The van der Waals surface area contributed by atoms with E-state index in [4.69, 9.17) is 18.7 Å². The summed E-state index contributed by atoms with van der Waals surface area (Å²) in [5.74, 6) is -1.05. The van der Waals surface area contributed by atoms with Crippen LogP contribution < -0.4 is 15.9 Å². The predicted molar refractivity (Wildman–Crippen MR) is 200 cm³/mol. The minimum atomic E-state index is -3.24. The average molecular weight is 736 g/mol. The minimum absolute atomic E-state index is 0.0792. The van der Waals surface area contributed by atoms with Gasteiger partial charge in [-0.05, 0) is 27.5 Å². The number of hydroxylamine groups is 2. The molecular formula is C38H41N7O7Si. The molecule has 4 heterocycles. The number of nitrogens with one attached hydrogen (secondary N) is 1. The number of fused-ring (bicyclic) bond motifs is 2. The quantitative estimate of drug-likeness (QED) is 0.0925. The molecule has 7 rings (SSSR count). The number of H-pyrrole nitrogens is 1. The molecule has 4 atom stereocenters. The van der Waals surface area contributed by atoms with Crippen LogP contribution in [0.3, 0.4) is 0 Å². The molecule has 274 valence electrons. The van der Waals surface area contributed by atoms with Crippen molar-refractivity contribution in [3.8, 4) is 0 Å². The molecule has 0 radical (unpaired) electrons. The van der Waals surface area contributed by atoms with Crippen molar-refractivity contribution in [2.45, 2.75) is 50.3 Å². The van der Waals surface area contributed by atoms with Crippen LogP contribution >= 0.6 is 0 Å². The largest absolute Gasteiger partial charge is 0.399 e. The van der Waals surface area contributed by atoms with E-state index in [9.17, 15) is 14.4 Å². The third kappa shape index (κ3) is 6.40. The van der Waals surface area contributed by atoms with Crippen molar-refractivity contribution in [2.24, 2.45) is 4.99 Å². The number of nitrogens with zero attached hydrogens (tertiary/aromatic N) is 6. The van der Waals surface area contributed by atoms with Gasteiger partial charge in [-0.1, -0.05) is 93.6 Å². The molecule has 2 aliphatic heterocycles. The van der Waals surface area contributed by atoms with Crippen LogP contribution in [0.1, 0.15) is 47.7 Å². The number of benzene rings is 3. The maximum absolute atomic E-state index is 13.3. The summed E-state index contributed by atoms with van der Waals surface area (Å²) in [5.41, 5.74) is 0.343. The fourth-order valence-electron chi connectivity index (χ4n) is 7.12. The monoisotopic (exact) mass is 735 g/mol. The van der Waals surface area contributed by atoms with Crippen LogP contribution in [0.2, 0.25) is 5.04 Å². The summed E-state index contributed by atoms with van der Waals surface area (Å²) in [5, 5.41) is 2.41. The van der Waals surface area contributed by atoms with Gasteiger partial charge in [0.2, 0.25) is 5.95 Å². The normalized spacial score (nSPS) is 20.5. The van der Waals surface area contributed by atoms with Crippen LogP contribution in [-0.2, 0) is 18.7 Å². The van der Waals surface area contributed by atoms with Gasteiger partial charge in [-0.2, -0.15) is 4.98 Å². The lowest BCUT2D eigenvalue weighted by Crippen LogP contribution is -2.69. The topological polar surface area (TPSA) is 153 Å². The van der Waals surface area contributed by atoms with Crippen molar-refractivity contribution < 1.29 is 28.3 Å². The van der Waals surface area contributed by atoms with Crippen LogP contribution in [0.25, 0.3) is 11.2 Å². The maximum atomic E-state index is 13.3. The van der Waals surface area contributed by atoms with E-state index in [0.29, 0.717) is 0 Å². The highest BCUT2D eigenvalue weighted by Gasteiger charge is 2.57. The molecule has 2 amide bonds. The van der Waals surface area contributed by atoms with E-state index in [1.165, 1.54) is 12.7 Å². The van der Waals surface area contributed by atoms with E-state index in [1.807, 2.05) is 36.4 Å². The maximum Gasteiger partial charge on any atom is 0.285 e. The van der Waals surface area contributed by atoms with Gasteiger partial charge in [0.1, 0.15) is 24.9 Å². The summed E-state index contributed by atoms with van der Waals surface area (Å²) >= 11 is 0. The number of ether oxygens (including phenoxy) is 2. The summed E-state index contributed by atoms with van der Waals surface area (Å²) in [6, 6.07) is 26.8. The number of aromatic nitrogens is 4. The zero-order valence-electron chi connectivity index (χ0n) is 30.3. The van der Waals surface area contributed by atoms with E-state index >= 15 is 0 Å². The number of methoxy groups -OCH3 is 1. The van der Waals surface area contributed by atoms with Crippen LogP contribution in [-0.4, -0.2) is 102 Å². The number of carbonyl (C=O) groups excluding carboxylic acids is 2. The predicted octanol–water partition coefficient (Wildman–Crippen LogP) is 3.43. The van der Waals surface area contributed by atoms with Gasteiger partial charge in [0.25, 0.3) is 25.7 Å². The Balaban J connectivity index is 1.34. The molecule has 0 spiro atoms. The van der Waals surface area contributed by atoms with Gasteiger partial charge < -0.3 is 18.8 Å². The lowest BCUT2D eigenvalue weighted by Gasteiger charge is -2.45. The van der Waals surface area contributed by atoms with Crippen LogP contribution in [0.5, 0.6) is 0 Å². The third-order valence-electron chi connectivity index (χ3n) is 9.52. The van der Waals surface area contributed by atoms with Gasteiger partial charge in [0, 0.05) is 21.2 Å². The van der Waals surface area contributed by atoms with Crippen LogP contribution in [0.4, 0.5) is 5.95 Å². The summed E-state index contributed by atoms with van der Waals surface area (Å²) in [6.45, 7) is 6.24. The Morgan fingerprint density at radius 3 is 2.04 bits per heavy atom. The second-order valence-corrected chi connectivity index (χ2v) is 18.4. The summed E-state index contributed by atoms with van der Waals surface area (Å²) in [7, 11) is 1.92. The number of hydrogen-bond acceptors (Lipinski definition) is 10. The standard InChI is InChI=1S/C38H41N7O7Si/c1-38(2,3)53(24-15-9-7-10-16-24,25-17-11-8-12-18-25)52-30-28(21-50-45-34(47)26-19-13-14-20-27(26)35(45)48)51-36(31(30)49-6)44-23-39-29-32(44)41-37(42-33(29)46)40-22-43(4)5/h7-20,22-23,28,30-31,36H,21H2,1-6H3,(H,41,42,46)/b40-22+/t28-,30-,31-,36-/m1/s1. The average Bonchev–Trinajstić information content (AvgIpc) is 3.80.